The molecule has 0 amide bonds. The Labute approximate surface area is 82.6 Å². The second kappa shape index (κ2) is 4.58. The molecule has 1 aromatic rings. The molecule has 0 N–H and O–H groups in total. The van der Waals surface area contributed by atoms with Gasteiger partial charge in [-0.2, -0.15) is 0 Å². The predicted octanol–water partition coefficient (Wildman–Crippen LogP) is 4.11. The van der Waals surface area contributed by atoms with Gasteiger partial charge in [0.25, 0.3) is 0 Å². The molecule has 0 aromatic heterocycles. The van der Waals surface area contributed by atoms with Crippen molar-refractivity contribution < 1.29 is 0 Å². The summed E-state index contributed by atoms with van der Waals surface area (Å²) >= 11 is 7.68. The highest BCUT2D eigenvalue weighted by Gasteiger charge is 1.97. The van der Waals surface area contributed by atoms with Crippen LogP contribution in [-0.4, -0.2) is 0 Å². The van der Waals surface area contributed by atoms with E-state index < -0.39 is 0 Å². The number of hydrogen-bond donors (Lipinski definition) is 0. The highest BCUT2D eigenvalue weighted by atomic mass is 35.5. The van der Waals surface area contributed by atoms with E-state index in [1.165, 1.54) is 5.56 Å². The average Bonchev–Trinajstić information content (AvgIpc) is 2.03. The fourth-order valence-corrected chi connectivity index (χ4v) is 1.75. The number of rotatable bonds is 3. The molecule has 0 saturated heterocycles. The first-order chi connectivity index (χ1) is 5.70. The highest BCUT2D eigenvalue weighted by Crippen LogP contribution is 2.24. The lowest BCUT2D eigenvalue weighted by Crippen LogP contribution is -1.80. The summed E-state index contributed by atoms with van der Waals surface area (Å²) in [6, 6.07) is 7.89. The Morgan fingerprint density at radius 2 is 2.17 bits per heavy atom. The fraction of sp³-hybridized carbons (Fsp3) is 0.200. The quantitative estimate of drug-likeness (QED) is 0.705. The molecule has 12 heavy (non-hydrogen) atoms. The molecular weight excluding hydrogens is 188 g/mol. The zero-order valence-electron chi connectivity index (χ0n) is 7.01. The van der Waals surface area contributed by atoms with Crippen LogP contribution in [0.4, 0.5) is 0 Å². The van der Waals surface area contributed by atoms with E-state index in [0.29, 0.717) is 0 Å². The SMILES string of the molecule is C=C(C)SCc1ccccc1Cl. The van der Waals surface area contributed by atoms with Gasteiger partial charge in [0.05, 0.1) is 0 Å². The van der Waals surface area contributed by atoms with E-state index >= 15 is 0 Å². The van der Waals surface area contributed by atoms with Crippen molar-refractivity contribution in [1.29, 1.82) is 0 Å². The normalized spacial score (nSPS) is 9.83. The predicted molar refractivity (Wildman–Crippen MR) is 57.6 cm³/mol. The Kier molecular flexibility index (Phi) is 3.70. The van der Waals surface area contributed by atoms with Crippen molar-refractivity contribution in [2.45, 2.75) is 12.7 Å². The Hall–Kier alpha value is -0.400. The van der Waals surface area contributed by atoms with Crippen LogP contribution >= 0.6 is 23.4 Å². The first-order valence-corrected chi connectivity index (χ1v) is 5.08. The van der Waals surface area contributed by atoms with Crippen molar-refractivity contribution in [3.8, 4) is 0 Å². The summed E-state index contributed by atoms with van der Waals surface area (Å²) in [7, 11) is 0. The fourth-order valence-electron chi connectivity index (χ4n) is 0.816. The van der Waals surface area contributed by atoms with E-state index in [4.69, 9.17) is 11.6 Å². The maximum Gasteiger partial charge on any atom is 0.0446 e. The molecule has 0 atom stereocenters. The summed E-state index contributed by atoms with van der Waals surface area (Å²) in [6.45, 7) is 5.82. The minimum atomic E-state index is 0.839. The third kappa shape index (κ3) is 2.92. The standard InChI is InChI=1S/C10H11ClS/c1-8(2)12-7-9-5-3-4-6-10(9)11/h3-6H,1,7H2,2H3. The summed E-state index contributed by atoms with van der Waals surface area (Å²) in [5.41, 5.74) is 1.17. The van der Waals surface area contributed by atoms with E-state index in [0.717, 1.165) is 15.7 Å². The van der Waals surface area contributed by atoms with Crippen LogP contribution in [0.3, 0.4) is 0 Å². The van der Waals surface area contributed by atoms with Gasteiger partial charge in [0.1, 0.15) is 0 Å². The minimum absolute atomic E-state index is 0.839. The Morgan fingerprint density at radius 1 is 1.50 bits per heavy atom. The molecule has 0 aliphatic rings. The van der Waals surface area contributed by atoms with Gasteiger partial charge in [0, 0.05) is 10.8 Å². The Bertz CT molecular complexity index is 281. The molecule has 64 valence electrons. The van der Waals surface area contributed by atoms with E-state index in [1.54, 1.807) is 11.8 Å². The minimum Gasteiger partial charge on any atom is -0.127 e. The third-order valence-electron chi connectivity index (χ3n) is 1.43. The van der Waals surface area contributed by atoms with Crippen LogP contribution in [0.15, 0.2) is 35.7 Å². The summed E-state index contributed by atoms with van der Waals surface area (Å²) < 4.78 is 0. The number of benzene rings is 1. The molecule has 1 rings (SSSR count). The van der Waals surface area contributed by atoms with E-state index in [2.05, 4.69) is 6.58 Å². The molecule has 0 heterocycles. The maximum absolute atomic E-state index is 5.96. The highest BCUT2D eigenvalue weighted by molar-refractivity contribution is 8.02. The monoisotopic (exact) mass is 198 g/mol. The van der Waals surface area contributed by atoms with Crippen LogP contribution in [0.5, 0.6) is 0 Å². The molecule has 2 heteroatoms. The number of halogens is 1. The number of allylic oxidation sites excluding steroid dienone is 1. The lowest BCUT2D eigenvalue weighted by atomic mass is 10.2. The van der Waals surface area contributed by atoms with Crippen molar-refractivity contribution >= 4 is 23.4 Å². The van der Waals surface area contributed by atoms with Crippen molar-refractivity contribution in [1.82, 2.24) is 0 Å². The van der Waals surface area contributed by atoms with E-state index in [9.17, 15) is 0 Å². The van der Waals surface area contributed by atoms with Gasteiger partial charge < -0.3 is 0 Å². The van der Waals surface area contributed by atoms with Crippen LogP contribution in [0.1, 0.15) is 12.5 Å². The van der Waals surface area contributed by atoms with Gasteiger partial charge in [-0.15, -0.1) is 11.8 Å². The van der Waals surface area contributed by atoms with Crippen LogP contribution in [-0.2, 0) is 5.75 Å². The first-order valence-electron chi connectivity index (χ1n) is 3.72. The molecule has 1 aromatic carbocycles. The van der Waals surface area contributed by atoms with Gasteiger partial charge in [0.2, 0.25) is 0 Å². The zero-order valence-corrected chi connectivity index (χ0v) is 8.58. The van der Waals surface area contributed by atoms with Crippen LogP contribution in [0.25, 0.3) is 0 Å². The van der Waals surface area contributed by atoms with Crippen molar-refractivity contribution in [2.75, 3.05) is 0 Å². The molecule has 0 spiro atoms. The second-order valence-corrected chi connectivity index (χ2v) is 4.26. The first kappa shape index (κ1) is 9.69. The molecular formula is C10H11ClS. The third-order valence-corrected chi connectivity index (χ3v) is 2.75. The van der Waals surface area contributed by atoms with Crippen LogP contribution < -0.4 is 0 Å². The maximum atomic E-state index is 5.96. The van der Waals surface area contributed by atoms with E-state index in [1.807, 2.05) is 31.2 Å². The smallest absolute Gasteiger partial charge is 0.0446 e. The van der Waals surface area contributed by atoms with Crippen molar-refractivity contribution in [3.05, 3.63) is 46.3 Å². The molecule has 0 radical (unpaired) electrons. The van der Waals surface area contributed by atoms with Crippen LogP contribution in [0, 0.1) is 0 Å². The summed E-state index contributed by atoms with van der Waals surface area (Å²) in [4.78, 5) is 1.12. The van der Waals surface area contributed by atoms with E-state index in [-0.39, 0.29) is 0 Å². The van der Waals surface area contributed by atoms with Gasteiger partial charge in [-0.3, -0.25) is 0 Å². The van der Waals surface area contributed by atoms with Gasteiger partial charge in [-0.1, -0.05) is 36.4 Å². The largest absolute Gasteiger partial charge is 0.127 e. The molecule has 0 fully saturated rings. The lowest BCUT2D eigenvalue weighted by Gasteiger charge is -2.02. The second-order valence-electron chi connectivity index (χ2n) is 2.58. The Balaban J connectivity index is 2.63. The topological polar surface area (TPSA) is 0 Å². The van der Waals surface area contributed by atoms with Gasteiger partial charge in [-0.25, -0.2) is 0 Å². The Morgan fingerprint density at radius 3 is 2.75 bits per heavy atom. The number of hydrogen-bond acceptors (Lipinski definition) is 1. The van der Waals surface area contributed by atoms with Gasteiger partial charge >= 0.3 is 0 Å². The van der Waals surface area contributed by atoms with Gasteiger partial charge in [0.15, 0.2) is 0 Å². The summed E-state index contributed by atoms with van der Waals surface area (Å²) in [6.07, 6.45) is 0. The van der Waals surface area contributed by atoms with Gasteiger partial charge in [-0.05, 0) is 23.5 Å². The van der Waals surface area contributed by atoms with Crippen molar-refractivity contribution in [3.63, 3.8) is 0 Å². The molecule has 0 aliphatic heterocycles. The number of thioether (sulfide) groups is 1. The molecule has 0 saturated carbocycles. The summed E-state index contributed by atoms with van der Waals surface area (Å²) in [5.74, 6) is 0.912. The van der Waals surface area contributed by atoms with Crippen LogP contribution in [0.2, 0.25) is 5.02 Å². The van der Waals surface area contributed by atoms with Crippen molar-refractivity contribution in [2.24, 2.45) is 0 Å². The molecule has 0 unspecified atom stereocenters. The lowest BCUT2D eigenvalue weighted by molar-refractivity contribution is 1.42. The molecule has 0 nitrogen and oxygen atoms in total. The zero-order chi connectivity index (χ0) is 8.97. The average molecular weight is 199 g/mol. The molecule has 0 bridgehead atoms. The molecule has 0 aliphatic carbocycles. The summed E-state index contributed by atoms with van der Waals surface area (Å²) in [5, 5.41) is 0.839.